The van der Waals surface area contributed by atoms with E-state index in [0.29, 0.717) is 12.1 Å². The van der Waals surface area contributed by atoms with Crippen LogP contribution in [0, 0.1) is 0 Å². The number of thioether (sulfide) groups is 1. The van der Waals surface area contributed by atoms with Crippen LogP contribution in [0.4, 0.5) is 0 Å². The first-order chi connectivity index (χ1) is 9.25. The highest BCUT2D eigenvalue weighted by atomic mass is 35.5. The molecule has 2 rings (SSSR count). The lowest BCUT2D eigenvalue weighted by Gasteiger charge is -2.05. The number of benzene rings is 2. The molecule has 0 aromatic heterocycles. The summed E-state index contributed by atoms with van der Waals surface area (Å²) in [5.41, 5.74) is 0.694. The zero-order valence-corrected chi connectivity index (χ0v) is 11.9. The number of nitrogens with one attached hydrogen (secondary N) is 1. The molecule has 0 radical (unpaired) electrons. The quantitative estimate of drug-likeness (QED) is 0.669. The second-order valence-electron chi connectivity index (χ2n) is 3.92. The third-order valence-electron chi connectivity index (χ3n) is 2.51. The number of carbonyl (C=O) groups excluding carboxylic acids is 1. The summed E-state index contributed by atoms with van der Waals surface area (Å²) in [6.07, 6.45) is 0. The van der Waals surface area contributed by atoms with Crippen molar-refractivity contribution in [2.75, 3.05) is 12.3 Å². The molecule has 0 aliphatic rings. The lowest BCUT2D eigenvalue weighted by atomic mass is 10.2. The summed E-state index contributed by atoms with van der Waals surface area (Å²) in [5, 5.41) is 3.63. The van der Waals surface area contributed by atoms with Gasteiger partial charge in [0.15, 0.2) is 0 Å². The third kappa shape index (κ3) is 4.62. The molecular formula is C15H14ClNOS. The van der Waals surface area contributed by atoms with Gasteiger partial charge in [-0.15, -0.1) is 11.8 Å². The molecule has 19 heavy (non-hydrogen) atoms. The molecule has 98 valence electrons. The van der Waals surface area contributed by atoms with E-state index in [0.717, 1.165) is 15.7 Å². The number of rotatable bonds is 5. The van der Waals surface area contributed by atoms with Crippen molar-refractivity contribution in [2.24, 2.45) is 0 Å². The fraction of sp³-hybridized carbons (Fsp3) is 0.133. The van der Waals surface area contributed by atoms with E-state index in [9.17, 15) is 4.79 Å². The SMILES string of the molecule is O=C(NCCSc1ccc(Cl)cc1)c1ccccc1. The van der Waals surface area contributed by atoms with Gasteiger partial charge in [-0.25, -0.2) is 0 Å². The molecule has 0 unspecified atom stereocenters. The zero-order valence-electron chi connectivity index (χ0n) is 10.3. The lowest BCUT2D eigenvalue weighted by molar-refractivity contribution is 0.0956. The Hall–Kier alpha value is -1.45. The highest BCUT2D eigenvalue weighted by Gasteiger charge is 2.02. The Labute approximate surface area is 122 Å². The van der Waals surface area contributed by atoms with Crippen LogP contribution in [-0.4, -0.2) is 18.2 Å². The molecule has 1 N–H and O–H groups in total. The molecule has 1 amide bonds. The standard InChI is InChI=1S/C15H14ClNOS/c16-13-6-8-14(9-7-13)19-11-10-17-15(18)12-4-2-1-3-5-12/h1-9H,10-11H2,(H,17,18). The van der Waals surface area contributed by atoms with Crippen LogP contribution in [0.1, 0.15) is 10.4 Å². The fourth-order valence-electron chi connectivity index (χ4n) is 1.56. The molecule has 0 saturated heterocycles. The molecule has 0 fully saturated rings. The maximum Gasteiger partial charge on any atom is 0.251 e. The van der Waals surface area contributed by atoms with Crippen LogP contribution < -0.4 is 5.32 Å². The van der Waals surface area contributed by atoms with Gasteiger partial charge >= 0.3 is 0 Å². The molecule has 0 aliphatic heterocycles. The van der Waals surface area contributed by atoms with Gasteiger partial charge in [0.25, 0.3) is 5.91 Å². The van der Waals surface area contributed by atoms with Gasteiger partial charge in [0.2, 0.25) is 0 Å². The van der Waals surface area contributed by atoms with Crippen molar-refractivity contribution in [3.05, 3.63) is 65.2 Å². The molecular weight excluding hydrogens is 278 g/mol. The molecule has 0 bridgehead atoms. The zero-order chi connectivity index (χ0) is 13.5. The molecule has 0 heterocycles. The molecule has 0 aliphatic carbocycles. The van der Waals surface area contributed by atoms with Crippen LogP contribution in [0.2, 0.25) is 5.02 Å². The minimum absolute atomic E-state index is 0.0303. The van der Waals surface area contributed by atoms with Crippen molar-refractivity contribution < 1.29 is 4.79 Å². The molecule has 4 heteroatoms. The molecule has 0 atom stereocenters. The average Bonchev–Trinajstić information content (AvgIpc) is 2.46. The van der Waals surface area contributed by atoms with Crippen LogP contribution in [0.15, 0.2) is 59.5 Å². The normalized spacial score (nSPS) is 10.2. The fourth-order valence-corrected chi connectivity index (χ4v) is 2.45. The van der Waals surface area contributed by atoms with E-state index < -0.39 is 0 Å². The van der Waals surface area contributed by atoms with Crippen molar-refractivity contribution in [2.45, 2.75) is 4.90 Å². The van der Waals surface area contributed by atoms with E-state index in [1.54, 1.807) is 11.8 Å². The summed E-state index contributed by atoms with van der Waals surface area (Å²) < 4.78 is 0. The van der Waals surface area contributed by atoms with Crippen molar-refractivity contribution in [1.82, 2.24) is 5.32 Å². The average molecular weight is 292 g/mol. The molecule has 2 aromatic carbocycles. The monoisotopic (exact) mass is 291 g/mol. The minimum atomic E-state index is -0.0303. The van der Waals surface area contributed by atoms with E-state index in [-0.39, 0.29) is 5.91 Å². The number of hydrogen-bond donors (Lipinski definition) is 1. The van der Waals surface area contributed by atoms with Gasteiger partial charge in [-0.05, 0) is 36.4 Å². The van der Waals surface area contributed by atoms with Crippen molar-refractivity contribution in [1.29, 1.82) is 0 Å². The smallest absolute Gasteiger partial charge is 0.251 e. The lowest BCUT2D eigenvalue weighted by Crippen LogP contribution is -2.25. The van der Waals surface area contributed by atoms with Crippen molar-refractivity contribution in [3.8, 4) is 0 Å². The van der Waals surface area contributed by atoms with Crippen LogP contribution in [0.5, 0.6) is 0 Å². The number of carbonyl (C=O) groups is 1. The number of amides is 1. The highest BCUT2D eigenvalue weighted by Crippen LogP contribution is 2.19. The van der Waals surface area contributed by atoms with Crippen molar-refractivity contribution in [3.63, 3.8) is 0 Å². The summed E-state index contributed by atoms with van der Waals surface area (Å²) in [7, 11) is 0. The molecule has 0 saturated carbocycles. The van der Waals surface area contributed by atoms with Crippen LogP contribution in [-0.2, 0) is 0 Å². The first-order valence-electron chi connectivity index (χ1n) is 5.97. The van der Waals surface area contributed by atoms with Gasteiger partial charge in [0, 0.05) is 27.8 Å². The molecule has 0 spiro atoms. The maximum atomic E-state index is 11.8. The van der Waals surface area contributed by atoms with E-state index in [1.165, 1.54) is 0 Å². The van der Waals surface area contributed by atoms with Gasteiger partial charge in [0.1, 0.15) is 0 Å². The highest BCUT2D eigenvalue weighted by molar-refractivity contribution is 7.99. The van der Waals surface area contributed by atoms with Crippen LogP contribution >= 0.6 is 23.4 Å². The van der Waals surface area contributed by atoms with Crippen LogP contribution in [0.3, 0.4) is 0 Å². The van der Waals surface area contributed by atoms with E-state index in [1.807, 2.05) is 54.6 Å². The van der Waals surface area contributed by atoms with Gasteiger partial charge < -0.3 is 5.32 Å². The minimum Gasteiger partial charge on any atom is -0.351 e. The number of hydrogen-bond acceptors (Lipinski definition) is 2. The molecule has 2 aromatic rings. The Kier molecular flexibility index (Phi) is 5.31. The van der Waals surface area contributed by atoms with Gasteiger partial charge in [-0.1, -0.05) is 29.8 Å². The maximum absolute atomic E-state index is 11.8. The van der Waals surface area contributed by atoms with Crippen LogP contribution in [0.25, 0.3) is 0 Å². The Bertz CT molecular complexity index is 528. The predicted octanol–water partition coefficient (Wildman–Crippen LogP) is 3.86. The van der Waals surface area contributed by atoms with Gasteiger partial charge in [-0.2, -0.15) is 0 Å². The van der Waals surface area contributed by atoms with E-state index in [2.05, 4.69) is 5.32 Å². The predicted molar refractivity (Wildman–Crippen MR) is 81.0 cm³/mol. The van der Waals surface area contributed by atoms with E-state index in [4.69, 9.17) is 11.6 Å². The van der Waals surface area contributed by atoms with Gasteiger partial charge in [-0.3, -0.25) is 4.79 Å². The Morgan fingerprint density at radius 1 is 1.05 bits per heavy atom. The number of halogens is 1. The largest absolute Gasteiger partial charge is 0.351 e. The second kappa shape index (κ2) is 7.22. The second-order valence-corrected chi connectivity index (χ2v) is 5.53. The molecule has 2 nitrogen and oxygen atoms in total. The summed E-state index contributed by atoms with van der Waals surface area (Å²) >= 11 is 7.51. The Morgan fingerprint density at radius 3 is 2.42 bits per heavy atom. The topological polar surface area (TPSA) is 29.1 Å². The summed E-state index contributed by atoms with van der Waals surface area (Å²) in [6.45, 7) is 0.640. The first kappa shape index (κ1) is 14.0. The van der Waals surface area contributed by atoms with Crippen molar-refractivity contribution >= 4 is 29.3 Å². The first-order valence-corrected chi connectivity index (χ1v) is 7.34. The summed E-state index contributed by atoms with van der Waals surface area (Å²) in [6, 6.07) is 16.9. The Morgan fingerprint density at radius 2 is 1.74 bits per heavy atom. The van der Waals surface area contributed by atoms with E-state index >= 15 is 0 Å². The summed E-state index contributed by atoms with van der Waals surface area (Å²) in [5.74, 6) is 0.803. The summed E-state index contributed by atoms with van der Waals surface area (Å²) in [4.78, 5) is 12.9. The Balaban J connectivity index is 1.72. The van der Waals surface area contributed by atoms with Gasteiger partial charge in [0.05, 0.1) is 0 Å². The third-order valence-corrected chi connectivity index (χ3v) is 3.77.